The number of hydrogen-bond donors (Lipinski definition) is 2. The van der Waals surface area contributed by atoms with Crippen LogP contribution < -0.4 is 15.5 Å². The number of aliphatic imine (C=N–C) groups is 1. The van der Waals surface area contributed by atoms with Gasteiger partial charge in [0, 0.05) is 57.5 Å². The van der Waals surface area contributed by atoms with Crippen molar-refractivity contribution >= 4 is 11.6 Å². The Morgan fingerprint density at radius 1 is 1.03 bits per heavy atom. The summed E-state index contributed by atoms with van der Waals surface area (Å²) >= 11 is 0. The first-order valence-electron chi connectivity index (χ1n) is 11.5. The van der Waals surface area contributed by atoms with E-state index >= 15 is 0 Å². The van der Waals surface area contributed by atoms with Gasteiger partial charge < -0.3 is 15.5 Å². The van der Waals surface area contributed by atoms with Crippen molar-refractivity contribution in [3.05, 3.63) is 77.9 Å². The summed E-state index contributed by atoms with van der Waals surface area (Å²) in [6.45, 7) is 7.31. The fourth-order valence-electron chi connectivity index (χ4n) is 4.50. The van der Waals surface area contributed by atoms with Crippen LogP contribution in [0.3, 0.4) is 0 Å². The molecule has 1 fully saturated rings. The maximum absolute atomic E-state index is 4.46. The molecule has 4 rings (SSSR count). The van der Waals surface area contributed by atoms with Crippen molar-refractivity contribution in [1.82, 2.24) is 15.5 Å². The lowest BCUT2D eigenvalue weighted by Crippen LogP contribution is -2.48. The molecule has 0 spiro atoms. The standard InChI is InChI=1S/C26H35N5/c1-21(23-10-4-3-5-11-23)30-17-13-24(14-18-30)29-26(27-2)28-20-22-9-8-12-25(19-22)31-15-6-7-16-31/h3-12,19,21,24H,13-18,20H2,1-2H3,(H2,27,28,29). The fourth-order valence-corrected chi connectivity index (χ4v) is 4.50. The maximum Gasteiger partial charge on any atom is 0.191 e. The van der Waals surface area contributed by atoms with Crippen LogP contribution in [0, 0.1) is 0 Å². The molecule has 1 atom stereocenters. The summed E-state index contributed by atoms with van der Waals surface area (Å²) in [6, 6.07) is 20.5. The molecule has 2 heterocycles. The van der Waals surface area contributed by atoms with E-state index in [0.717, 1.165) is 51.5 Å². The van der Waals surface area contributed by atoms with E-state index in [2.05, 4.69) is 99.1 Å². The molecule has 0 saturated carbocycles. The van der Waals surface area contributed by atoms with Crippen LogP contribution in [-0.4, -0.2) is 50.1 Å². The average molecular weight is 418 g/mol. The van der Waals surface area contributed by atoms with Crippen LogP contribution in [0.2, 0.25) is 0 Å². The normalized spacial score (nSPS) is 18.9. The highest BCUT2D eigenvalue weighted by Gasteiger charge is 2.24. The lowest BCUT2D eigenvalue weighted by Gasteiger charge is -2.37. The van der Waals surface area contributed by atoms with Gasteiger partial charge in [0.05, 0.1) is 0 Å². The highest BCUT2D eigenvalue weighted by molar-refractivity contribution is 5.80. The molecule has 31 heavy (non-hydrogen) atoms. The lowest BCUT2D eigenvalue weighted by atomic mass is 10.0. The van der Waals surface area contributed by atoms with Crippen molar-refractivity contribution < 1.29 is 0 Å². The van der Waals surface area contributed by atoms with E-state index in [1.54, 1.807) is 0 Å². The lowest BCUT2D eigenvalue weighted by molar-refractivity contribution is 0.158. The third-order valence-corrected chi connectivity index (χ3v) is 6.48. The number of hydrogen-bond acceptors (Lipinski definition) is 3. The van der Waals surface area contributed by atoms with Gasteiger partial charge in [0.25, 0.3) is 0 Å². The molecule has 5 nitrogen and oxygen atoms in total. The first kappa shape index (κ1) is 21.4. The average Bonchev–Trinajstić information content (AvgIpc) is 3.38. The zero-order valence-corrected chi connectivity index (χ0v) is 18.8. The van der Waals surface area contributed by atoms with Crippen LogP contribution in [0.1, 0.15) is 36.9 Å². The molecule has 2 aromatic carbocycles. The Balaban J connectivity index is 1.24. The molecule has 0 radical (unpaired) electrons. The van der Waals surface area contributed by atoms with Crippen LogP contribution in [0.5, 0.6) is 0 Å². The predicted octanol–water partition coefficient (Wildman–Crippen LogP) is 3.95. The Labute approximate surface area is 186 Å². The van der Waals surface area contributed by atoms with Gasteiger partial charge >= 0.3 is 0 Å². The van der Waals surface area contributed by atoms with Crippen molar-refractivity contribution in [3.63, 3.8) is 0 Å². The van der Waals surface area contributed by atoms with E-state index in [9.17, 15) is 0 Å². The van der Waals surface area contributed by atoms with Gasteiger partial charge in [-0.05, 0) is 43.0 Å². The Hall–Kier alpha value is -2.79. The number of likely N-dealkylation sites (tertiary alicyclic amines) is 1. The second kappa shape index (κ2) is 10.5. The smallest absolute Gasteiger partial charge is 0.191 e. The van der Waals surface area contributed by atoms with Crippen molar-refractivity contribution in [3.8, 4) is 0 Å². The molecule has 2 aliphatic rings. The summed E-state index contributed by atoms with van der Waals surface area (Å²) in [5, 5.41) is 7.14. The summed E-state index contributed by atoms with van der Waals surface area (Å²) in [6.07, 6.45) is 6.72. The minimum atomic E-state index is 0.465. The molecule has 0 amide bonds. The van der Waals surface area contributed by atoms with Gasteiger partial charge in [-0.2, -0.15) is 0 Å². The van der Waals surface area contributed by atoms with Crippen molar-refractivity contribution in [2.24, 2.45) is 4.99 Å². The summed E-state index contributed by atoms with van der Waals surface area (Å²) in [7, 11) is 1.86. The zero-order valence-electron chi connectivity index (χ0n) is 18.8. The number of nitrogens with zero attached hydrogens (tertiary/aromatic N) is 3. The molecular weight excluding hydrogens is 382 g/mol. The van der Waals surface area contributed by atoms with E-state index < -0.39 is 0 Å². The minimum Gasteiger partial charge on any atom is -0.364 e. The third kappa shape index (κ3) is 5.67. The first-order valence-corrected chi connectivity index (χ1v) is 11.5. The number of benzene rings is 2. The van der Waals surface area contributed by atoms with Crippen molar-refractivity contribution in [1.29, 1.82) is 0 Å². The van der Waals surface area contributed by atoms with Crippen LogP contribution in [0.25, 0.3) is 0 Å². The number of guanidine groups is 1. The molecule has 2 N–H and O–H groups in total. The summed E-state index contributed by atoms with van der Waals surface area (Å²) < 4.78 is 0. The van der Waals surface area contributed by atoms with E-state index in [1.165, 1.54) is 16.8 Å². The second-order valence-electron chi connectivity index (χ2n) is 8.51. The van der Waals surface area contributed by atoms with Crippen molar-refractivity contribution in [2.45, 2.75) is 38.4 Å². The van der Waals surface area contributed by atoms with Gasteiger partial charge in [0.15, 0.2) is 5.96 Å². The monoisotopic (exact) mass is 417 g/mol. The number of anilines is 1. The van der Waals surface area contributed by atoms with E-state index in [0.29, 0.717) is 12.1 Å². The zero-order chi connectivity index (χ0) is 21.5. The molecule has 164 valence electrons. The van der Waals surface area contributed by atoms with Gasteiger partial charge in [-0.1, -0.05) is 54.6 Å². The maximum atomic E-state index is 4.46. The Morgan fingerprint density at radius 2 is 1.77 bits per heavy atom. The Kier molecular flexibility index (Phi) is 7.26. The van der Waals surface area contributed by atoms with Crippen LogP contribution in [0.15, 0.2) is 71.7 Å². The SMILES string of the molecule is CN=C(NCc1cccc(N2CC=CC2)c1)NC1CCN(C(C)c2ccccc2)CC1. The molecule has 0 aromatic heterocycles. The highest BCUT2D eigenvalue weighted by atomic mass is 15.2. The van der Waals surface area contributed by atoms with Gasteiger partial charge in [-0.25, -0.2) is 0 Å². The topological polar surface area (TPSA) is 42.9 Å². The Morgan fingerprint density at radius 3 is 2.48 bits per heavy atom. The van der Waals surface area contributed by atoms with Gasteiger partial charge in [0.2, 0.25) is 0 Å². The highest BCUT2D eigenvalue weighted by Crippen LogP contribution is 2.24. The van der Waals surface area contributed by atoms with Gasteiger partial charge in [-0.3, -0.25) is 9.89 Å². The Bertz CT molecular complexity index is 876. The van der Waals surface area contributed by atoms with E-state index in [1.807, 2.05) is 7.05 Å². The molecule has 5 heteroatoms. The van der Waals surface area contributed by atoms with Crippen LogP contribution >= 0.6 is 0 Å². The summed E-state index contributed by atoms with van der Waals surface area (Å²) in [5.41, 5.74) is 3.96. The largest absolute Gasteiger partial charge is 0.364 e. The van der Waals surface area contributed by atoms with E-state index in [4.69, 9.17) is 0 Å². The second-order valence-corrected chi connectivity index (χ2v) is 8.51. The van der Waals surface area contributed by atoms with Crippen LogP contribution in [-0.2, 0) is 6.54 Å². The predicted molar refractivity (Wildman–Crippen MR) is 131 cm³/mol. The van der Waals surface area contributed by atoms with Gasteiger partial charge in [-0.15, -0.1) is 0 Å². The van der Waals surface area contributed by atoms with E-state index in [-0.39, 0.29) is 0 Å². The number of piperidine rings is 1. The summed E-state index contributed by atoms with van der Waals surface area (Å²) in [4.78, 5) is 9.42. The molecule has 1 saturated heterocycles. The molecule has 0 aliphatic carbocycles. The number of rotatable bonds is 6. The van der Waals surface area contributed by atoms with Crippen LogP contribution in [0.4, 0.5) is 5.69 Å². The first-order chi connectivity index (χ1) is 15.2. The third-order valence-electron chi connectivity index (χ3n) is 6.48. The van der Waals surface area contributed by atoms with Gasteiger partial charge in [0.1, 0.15) is 0 Å². The minimum absolute atomic E-state index is 0.465. The molecule has 2 aliphatic heterocycles. The summed E-state index contributed by atoms with van der Waals surface area (Å²) in [5.74, 6) is 0.891. The molecule has 2 aromatic rings. The van der Waals surface area contributed by atoms with Crippen molar-refractivity contribution in [2.75, 3.05) is 38.1 Å². The molecule has 1 unspecified atom stereocenters. The fraction of sp³-hybridized carbons (Fsp3) is 0.423. The number of nitrogens with one attached hydrogen (secondary N) is 2. The molecular formula is C26H35N5. The molecule has 0 bridgehead atoms. The quantitative estimate of drug-likeness (QED) is 0.424.